The van der Waals surface area contributed by atoms with Crippen LogP contribution in [0.3, 0.4) is 0 Å². The van der Waals surface area contributed by atoms with Crippen LogP contribution in [0.2, 0.25) is 0 Å². The Hall–Kier alpha value is -4.83. The van der Waals surface area contributed by atoms with Gasteiger partial charge in [0, 0.05) is 49.4 Å². The van der Waals surface area contributed by atoms with Crippen molar-refractivity contribution >= 4 is 5.82 Å². The van der Waals surface area contributed by atoms with Gasteiger partial charge in [-0.1, -0.05) is 42.0 Å². The molecule has 5 aromatic rings. The lowest BCUT2D eigenvalue weighted by Crippen LogP contribution is -2.35. The first-order valence-corrected chi connectivity index (χ1v) is 13.5. The molecule has 0 aliphatic carbocycles. The summed E-state index contributed by atoms with van der Waals surface area (Å²) >= 11 is 0. The monoisotopic (exact) mass is 550 g/mol. The number of para-hydroxylation sites is 1. The van der Waals surface area contributed by atoms with Crippen molar-refractivity contribution < 1.29 is 0 Å². The van der Waals surface area contributed by atoms with E-state index in [0.717, 1.165) is 59.2 Å². The van der Waals surface area contributed by atoms with Crippen LogP contribution in [0.25, 0.3) is 28.2 Å². The highest BCUT2D eigenvalue weighted by atomic mass is 16.1. The maximum atomic E-state index is 12.8. The van der Waals surface area contributed by atoms with Gasteiger partial charge in [-0.2, -0.15) is 20.0 Å². The first-order chi connectivity index (χ1) is 19.8. The molecule has 0 saturated carbocycles. The van der Waals surface area contributed by atoms with Crippen molar-refractivity contribution in [2.45, 2.75) is 20.4 Å². The zero-order valence-electron chi connectivity index (χ0n) is 23.7. The third-order valence-corrected chi connectivity index (χ3v) is 6.84. The molecule has 0 spiro atoms. The quantitative estimate of drug-likeness (QED) is 0.343. The number of rotatable bonds is 5. The molecule has 210 valence electrons. The molecular weight excluding hydrogens is 516 g/mol. The number of fused-ring (bicyclic) bond motifs is 1. The van der Waals surface area contributed by atoms with Gasteiger partial charge in [0.05, 0.1) is 16.9 Å². The average molecular weight is 551 g/mol. The second-order valence-electron chi connectivity index (χ2n) is 10.5. The molecule has 1 aliphatic heterocycles. The molecule has 3 aromatic heterocycles. The van der Waals surface area contributed by atoms with Gasteiger partial charge in [0.2, 0.25) is 0 Å². The summed E-state index contributed by atoms with van der Waals surface area (Å²) in [4.78, 5) is 25.1. The summed E-state index contributed by atoms with van der Waals surface area (Å²) in [7, 11) is 4.20. The Labute approximate surface area is 238 Å². The van der Waals surface area contributed by atoms with Gasteiger partial charge in [0.15, 0.2) is 0 Å². The number of hydrogen-bond donors (Lipinski definition) is 2. The van der Waals surface area contributed by atoms with Gasteiger partial charge in [-0.15, -0.1) is 0 Å². The van der Waals surface area contributed by atoms with E-state index < -0.39 is 0 Å². The number of nitrogens with zero attached hydrogens (tertiary/aromatic N) is 6. The van der Waals surface area contributed by atoms with Gasteiger partial charge < -0.3 is 10.2 Å². The Kier molecular flexibility index (Phi) is 8.21. The molecule has 6 rings (SSSR count). The molecule has 0 radical (unpaired) electrons. The second kappa shape index (κ2) is 12.1. The van der Waals surface area contributed by atoms with Crippen LogP contribution in [0.1, 0.15) is 11.1 Å². The lowest BCUT2D eigenvalue weighted by Gasteiger charge is -2.27. The van der Waals surface area contributed by atoms with Gasteiger partial charge >= 0.3 is 0 Å². The Bertz CT molecular complexity index is 1750. The normalized spacial score (nSPS) is 14.1. The summed E-state index contributed by atoms with van der Waals surface area (Å²) in [6.45, 7) is 6.75. The number of hydrogen-bond acceptors (Lipinski definition) is 7. The number of H-pyrrole nitrogens is 1. The van der Waals surface area contributed by atoms with Crippen molar-refractivity contribution in [1.29, 1.82) is 0 Å². The summed E-state index contributed by atoms with van der Waals surface area (Å²) in [5, 5.41) is 19.2. The SMILES string of the molecule is Cc1cccc(-c2nn3c(c2-c2ccc(=O)n(-c4ccccc4C)n2)NCC(CN(C)C)C3)c1.O=c1cccn[nH]1. The van der Waals surface area contributed by atoms with E-state index in [1.807, 2.05) is 37.3 Å². The van der Waals surface area contributed by atoms with E-state index in [9.17, 15) is 9.59 Å². The number of nitrogens with one attached hydrogen (secondary N) is 2. The molecule has 2 aromatic carbocycles. The van der Waals surface area contributed by atoms with Gasteiger partial charge in [-0.05, 0) is 57.8 Å². The van der Waals surface area contributed by atoms with Crippen molar-refractivity contribution in [1.82, 2.24) is 34.7 Å². The van der Waals surface area contributed by atoms with Crippen LogP contribution in [-0.4, -0.2) is 61.8 Å². The van der Waals surface area contributed by atoms with E-state index in [1.54, 1.807) is 12.1 Å². The predicted molar refractivity (Wildman–Crippen MR) is 161 cm³/mol. The first kappa shape index (κ1) is 27.7. The highest BCUT2D eigenvalue weighted by Gasteiger charge is 2.28. The zero-order valence-corrected chi connectivity index (χ0v) is 23.7. The van der Waals surface area contributed by atoms with Gasteiger partial charge in [0.1, 0.15) is 11.5 Å². The largest absolute Gasteiger partial charge is 0.369 e. The van der Waals surface area contributed by atoms with Crippen LogP contribution in [-0.2, 0) is 6.54 Å². The standard InChI is InChI=1S/C27H30N6O.C4H4N2O/c1-18-8-7-10-21(14-18)26-25(27-28-15-20(16-31(3)4)17-32(27)30-26)22-12-13-24(34)33(29-22)23-11-6-5-9-19(23)2;7-4-2-1-3-5-6-4/h5-14,20,28H,15-17H2,1-4H3;1-3H,(H,6,7). The van der Waals surface area contributed by atoms with E-state index in [1.165, 1.54) is 22.5 Å². The average Bonchev–Trinajstić information content (AvgIpc) is 3.33. The van der Waals surface area contributed by atoms with E-state index in [0.29, 0.717) is 5.92 Å². The van der Waals surface area contributed by atoms with Crippen LogP contribution < -0.4 is 16.4 Å². The van der Waals surface area contributed by atoms with Gasteiger partial charge in [-0.3, -0.25) is 9.59 Å². The molecule has 4 heterocycles. The first-order valence-electron chi connectivity index (χ1n) is 13.5. The molecule has 1 aliphatic rings. The topological polar surface area (TPSA) is 114 Å². The lowest BCUT2D eigenvalue weighted by molar-refractivity contribution is 0.293. The molecule has 1 unspecified atom stereocenters. The maximum Gasteiger partial charge on any atom is 0.271 e. The minimum Gasteiger partial charge on any atom is -0.369 e. The summed E-state index contributed by atoms with van der Waals surface area (Å²) in [6, 6.07) is 22.6. The molecule has 0 saturated heterocycles. The Morgan fingerprint density at radius 1 is 0.951 bits per heavy atom. The van der Waals surface area contributed by atoms with Crippen molar-refractivity contribution in [2.75, 3.05) is 32.5 Å². The second-order valence-corrected chi connectivity index (χ2v) is 10.5. The molecule has 0 amide bonds. The van der Waals surface area contributed by atoms with Crippen LogP contribution in [0.5, 0.6) is 0 Å². The maximum absolute atomic E-state index is 12.8. The molecule has 2 N–H and O–H groups in total. The van der Waals surface area contributed by atoms with E-state index in [2.05, 4.69) is 70.4 Å². The van der Waals surface area contributed by atoms with Crippen LogP contribution in [0.15, 0.2) is 88.6 Å². The minimum atomic E-state index is -0.164. The Morgan fingerprint density at radius 3 is 2.46 bits per heavy atom. The third kappa shape index (κ3) is 6.33. The zero-order chi connectivity index (χ0) is 28.9. The molecule has 10 nitrogen and oxygen atoms in total. The number of aromatic nitrogens is 6. The molecule has 0 fully saturated rings. The highest BCUT2D eigenvalue weighted by molar-refractivity contribution is 5.87. The van der Waals surface area contributed by atoms with Gasteiger partial charge in [-0.25, -0.2) is 9.78 Å². The van der Waals surface area contributed by atoms with Crippen molar-refractivity contribution in [3.8, 4) is 28.2 Å². The highest BCUT2D eigenvalue weighted by Crippen LogP contribution is 2.38. The van der Waals surface area contributed by atoms with E-state index >= 15 is 0 Å². The van der Waals surface area contributed by atoms with Crippen molar-refractivity contribution in [2.24, 2.45) is 5.92 Å². The predicted octanol–water partition coefficient (Wildman–Crippen LogP) is 3.75. The summed E-state index contributed by atoms with van der Waals surface area (Å²) in [5.74, 6) is 1.41. The van der Waals surface area contributed by atoms with E-state index in [4.69, 9.17) is 10.2 Å². The molecule has 1 atom stereocenters. The Morgan fingerprint density at radius 2 is 1.78 bits per heavy atom. The molecule has 41 heavy (non-hydrogen) atoms. The smallest absolute Gasteiger partial charge is 0.271 e. The number of benzene rings is 2. The minimum absolute atomic E-state index is 0.157. The fourth-order valence-electron chi connectivity index (χ4n) is 5.03. The molecule has 10 heteroatoms. The Balaban J connectivity index is 0.000000423. The van der Waals surface area contributed by atoms with Gasteiger partial charge in [0.25, 0.3) is 11.1 Å². The third-order valence-electron chi connectivity index (χ3n) is 6.84. The summed E-state index contributed by atoms with van der Waals surface area (Å²) < 4.78 is 3.56. The fraction of sp³-hybridized carbons (Fsp3) is 0.258. The lowest BCUT2D eigenvalue weighted by atomic mass is 10.0. The van der Waals surface area contributed by atoms with Crippen LogP contribution >= 0.6 is 0 Å². The van der Waals surface area contributed by atoms with E-state index in [-0.39, 0.29) is 11.1 Å². The van der Waals surface area contributed by atoms with Crippen LogP contribution in [0.4, 0.5) is 5.82 Å². The summed E-state index contributed by atoms with van der Waals surface area (Å²) in [6.07, 6.45) is 1.52. The number of aryl methyl sites for hydroxylation is 2. The molecular formula is C31H34N8O2. The van der Waals surface area contributed by atoms with Crippen LogP contribution in [0, 0.1) is 19.8 Å². The fourth-order valence-corrected chi connectivity index (χ4v) is 5.03. The molecule has 0 bridgehead atoms. The summed E-state index contributed by atoms with van der Waals surface area (Å²) in [5.41, 5.74) is 6.19. The van der Waals surface area contributed by atoms with Crippen molar-refractivity contribution in [3.63, 3.8) is 0 Å². The number of aromatic amines is 1. The van der Waals surface area contributed by atoms with Crippen molar-refractivity contribution in [3.05, 3.63) is 111 Å². The number of anilines is 1.